The van der Waals surface area contributed by atoms with E-state index in [-0.39, 0.29) is 0 Å². The van der Waals surface area contributed by atoms with Crippen LogP contribution in [0.2, 0.25) is 0 Å². The van der Waals surface area contributed by atoms with E-state index in [1.807, 2.05) is 0 Å². The van der Waals surface area contributed by atoms with E-state index in [4.69, 9.17) is 5.73 Å². The first-order valence-electron chi connectivity index (χ1n) is 7.00. The minimum Gasteiger partial charge on any atom is -0.328 e. The highest BCUT2D eigenvalue weighted by Crippen LogP contribution is 2.49. The van der Waals surface area contributed by atoms with Crippen LogP contribution in [0.5, 0.6) is 0 Å². The zero-order chi connectivity index (χ0) is 10.7. The van der Waals surface area contributed by atoms with Gasteiger partial charge >= 0.3 is 0 Å². The molecular weight excluding hydrogens is 182 g/mol. The lowest BCUT2D eigenvalue weighted by Gasteiger charge is -2.44. The third-order valence-electron chi connectivity index (χ3n) is 4.95. The molecule has 88 valence electrons. The van der Waals surface area contributed by atoms with Crippen molar-refractivity contribution in [2.24, 2.45) is 17.1 Å². The lowest BCUT2D eigenvalue weighted by Crippen LogP contribution is -2.36. The van der Waals surface area contributed by atoms with Crippen molar-refractivity contribution in [2.75, 3.05) is 0 Å². The van der Waals surface area contributed by atoms with Gasteiger partial charge in [0.05, 0.1) is 0 Å². The Morgan fingerprint density at radius 1 is 1.00 bits per heavy atom. The molecule has 0 saturated heterocycles. The molecule has 0 heterocycles. The largest absolute Gasteiger partial charge is 0.328 e. The summed E-state index contributed by atoms with van der Waals surface area (Å²) in [6.45, 7) is 2.32. The van der Waals surface area contributed by atoms with E-state index in [2.05, 4.69) is 6.92 Å². The van der Waals surface area contributed by atoms with Crippen molar-refractivity contribution in [1.82, 2.24) is 0 Å². The molecule has 0 unspecified atom stereocenters. The Morgan fingerprint density at radius 3 is 2.07 bits per heavy atom. The highest BCUT2D eigenvalue weighted by atomic mass is 14.6. The number of nitrogens with two attached hydrogens (primary N) is 1. The smallest absolute Gasteiger partial charge is 0.00392 e. The first-order valence-corrected chi connectivity index (χ1v) is 7.00. The van der Waals surface area contributed by atoms with Gasteiger partial charge in [-0.05, 0) is 62.7 Å². The topological polar surface area (TPSA) is 26.0 Å². The molecule has 0 aliphatic heterocycles. The Balaban J connectivity index is 1.81. The molecule has 2 N–H and O–H groups in total. The van der Waals surface area contributed by atoms with Gasteiger partial charge in [0.25, 0.3) is 0 Å². The summed E-state index contributed by atoms with van der Waals surface area (Å²) < 4.78 is 0. The van der Waals surface area contributed by atoms with Gasteiger partial charge in [0.1, 0.15) is 0 Å². The van der Waals surface area contributed by atoms with Crippen LogP contribution in [0.15, 0.2) is 0 Å². The average molecular weight is 209 g/mol. The van der Waals surface area contributed by atoms with Gasteiger partial charge in [0, 0.05) is 6.04 Å². The van der Waals surface area contributed by atoms with Gasteiger partial charge in [0.2, 0.25) is 0 Å². The van der Waals surface area contributed by atoms with Crippen molar-refractivity contribution >= 4 is 0 Å². The van der Waals surface area contributed by atoms with Gasteiger partial charge in [-0.15, -0.1) is 0 Å². The predicted octanol–water partition coefficient (Wildman–Crippen LogP) is 3.86. The first kappa shape index (κ1) is 11.4. The summed E-state index contributed by atoms with van der Waals surface area (Å²) in [5, 5.41) is 0. The van der Waals surface area contributed by atoms with Gasteiger partial charge in [-0.1, -0.05) is 19.8 Å². The van der Waals surface area contributed by atoms with E-state index in [1.54, 1.807) is 0 Å². The van der Waals surface area contributed by atoms with Gasteiger partial charge in [0.15, 0.2) is 0 Å². The molecule has 2 rings (SSSR count). The SMILES string of the molecule is CCCC1CCC2(CCC(N)CC2)CC1. The van der Waals surface area contributed by atoms with Crippen LogP contribution in [0.3, 0.4) is 0 Å². The van der Waals surface area contributed by atoms with Crippen LogP contribution in [0, 0.1) is 11.3 Å². The Morgan fingerprint density at radius 2 is 1.53 bits per heavy atom. The quantitative estimate of drug-likeness (QED) is 0.734. The highest BCUT2D eigenvalue weighted by Gasteiger charge is 2.37. The molecular formula is C14H27N. The summed E-state index contributed by atoms with van der Waals surface area (Å²) in [5.74, 6) is 1.05. The van der Waals surface area contributed by atoms with E-state index >= 15 is 0 Å². The highest BCUT2D eigenvalue weighted by molar-refractivity contribution is 4.90. The summed E-state index contributed by atoms with van der Waals surface area (Å²) >= 11 is 0. The van der Waals surface area contributed by atoms with Crippen LogP contribution in [0.25, 0.3) is 0 Å². The number of hydrogen-bond donors (Lipinski definition) is 1. The fourth-order valence-electron chi connectivity index (χ4n) is 3.74. The molecule has 2 aliphatic rings. The molecule has 2 fully saturated rings. The first-order chi connectivity index (χ1) is 7.24. The van der Waals surface area contributed by atoms with Crippen molar-refractivity contribution in [3.63, 3.8) is 0 Å². The van der Waals surface area contributed by atoms with Gasteiger partial charge < -0.3 is 5.73 Å². The molecule has 15 heavy (non-hydrogen) atoms. The van der Waals surface area contributed by atoms with Crippen molar-refractivity contribution in [3.8, 4) is 0 Å². The molecule has 1 nitrogen and oxygen atoms in total. The standard InChI is InChI=1S/C14H27N/c1-2-3-12-4-8-14(9-5-12)10-6-13(15)7-11-14/h12-13H,2-11,15H2,1H3. The zero-order valence-corrected chi connectivity index (χ0v) is 10.3. The van der Waals surface area contributed by atoms with Crippen LogP contribution in [0.4, 0.5) is 0 Å². The Labute approximate surface area is 94.8 Å². The summed E-state index contributed by atoms with van der Waals surface area (Å²) in [4.78, 5) is 0. The maximum absolute atomic E-state index is 6.00. The molecule has 0 aromatic heterocycles. The summed E-state index contributed by atoms with van der Waals surface area (Å²) in [5.41, 5.74) is 6.74. The normalized spacial score (nSPS) is 42.0. The molecule has 0 amide bonds. The maximum Gasteiger partial charge on any atom is 0.00392 e. The number of hydrogen-bond acceptors (Lipinski definition) is 1. The maximum atomic E-state index is 6.00. The second-order valence-corrected chi connectivity index (χ2v) is 6.07. The van der Waals surface area contributed by atoms with Crippen LogP contribution in [-0.4, -0.2) is 6.04 Å². The van der Waals surface area contributed by atoms with E-state index in [9.17, 15) is 0 Å². The fourth-order valence-corrected chi connectivity index (χ4v) is 3.74. The van der Waals surface area contributed by atoms with Crippen LogP contribution in [-0.2, 0) is 0 Å². The Bertz CT molecular complexity index is 182. The van der Waals surface area contributed by atoms with Gasteiger partial charge in [-0.2, -0.15) is 0 Å². The minimum absolute atomic E-state index is 0.518. The fraction of sp³-hybridized carbons (Fsp3) is 1.00. The second kappa shape index (κ2) is 4.86. The Kier molecular flexibility index (Phi) is 3.71. The van der Waals surface area contributed by atoms with E-state index in [1.165, 1.54) is 64.2 Å². The van der Waals surface area contributed by atoms with Crippen molar-refractivity contribution < 1.29 is 0 Å². The summed E-state index contributed by atoms with van der Waals surface area (Å²) in [6.07, 6.45) is 14.3. The van der Waals surface area contributed by atoms with Gasteiger partial charge in [-0.25, -0.2) is 0 Å². The molecule has 1 spiro atoms. The lowest BCUT2D eigenvalue weighted by molar-refractivity contribution is 0.0875. The van der Waals surface area contributed by atoms with Gasteiger partial charge in [-0.3, -0.25) is 0 Å². The zero-order valence-electron chi connectivity index (χ0n) is 10.3. The van der Waals surface area contributed by atoms with Crippen LogP contribution in [0.1, 0.15) is 71.1 Å². The van der Waals surface area contributed by atoms with Crippen LogP contribution < -0.4 is 5.73 Å². The number of rotatable bonds is 2. The summed E-state index contributed by atoms with van der Waals surface area (Å²) in [7, 11) is 0. The molecule has 0 radical (unpaired) electrons. The van der Waals surface area contributed by atoms with Crippen molar-refractivity contribution in [1.29, 1.82) is 0 Å². The molecule has 2 saturated carbocycles. The van der Waals surface area contributed by atoms with Crippen molar-refractivity contribution in [3.05, 3.63) is 0 Å². The molecule has 2 aliphatic carbocycles. The second-order valence-electron chi connectivity index (χ2n) is 6.07. The average Bonchev–Trinajstić information content (AvgIpc) is 2.27. The van der Waals surface area contributed by atoms with Crippen molar-refractivity contribution in [2.45, 2.75) is 77.2 Å². The molecule has 0 atom stereocenters. The third kappa shape index (κ3) is 2.75. The Hall–Kier alpha value is -0.0400. The molecule has 0 aromatic rings. The predicted molar refractivity (Wildman–Crippen MR) is 65.7 cm³/mol. The third-order valence-corrected chi connectivity index (χ3v) is 4.95. The summed E-state index contributed by atoms with van der Waals surface area (Å²) in [6, 6.07) is 0.518. The lowest BCUT2D eigenvalue weighted by atomic mass is 9.62. The van der Waals surface area contributed by atoms with E-state index < -0.39 is 0 Å². The minimum atomic E-state index is 0.518. The monoisotopic (exact) mass is 209 g/mol. The molecule has 0 aromatic carbocycles. The molecule has 0 bridgehead atoms. The van der Waals surface area contributed by atoms with Crippen LogP contribution >= 0.6 is 0 Å². The molecule has 1 heteroatoms. The van der Waals surface area contributed by atoms with E-state index in [0.29, 0.717) is 6.04 Å². The van der Waals surface area contributed by atoms with E-state index in [0.717, 1.165) is 11.3 Å².